The Morgan fingerprint density at radius 3 is 3.16 bits per heavy atom. The van der Waals surface area contributed by atoms with E-state index in [1.54, 1.807) is 23.5 Å². The molecule has 1 aliphatic rings. The highest BCUT2D eigenvalue weighted by Gasteiger charge is 2.25. The second kappa shape index (κ2) is 7.25. The highest BCUT2D eigenvalue weighted by molar-refractivity contribution is 7.07. The van der Waals surface area contributed by atoms with Crippen LogP contribution in [0.4, 0.5) is 0 Å². The fraction of sp³-hybridized carbons (Fsp3) is 0.333. The monoisotopic (exact) mass is 356 g/mol. The van der Waals surface area contributed by atoms with Crippen LogP contribution in [0.15, 0.2) is 51.9 Å². The number of fused-ring (bicyclic) bond motifs is 1. The fourth-order valence-corrected chi connectivity index (χ4v) is 3.95. The van der Waals surface area contributed by atoms with Crippen LogP contribution in [-0.2, 0) is 13.1 Å². The summed E-state index contributed by atoms with van der Waals surface area (Å²) in [7, 11) is 0. The number of furan rings is 1. The van der Waals surface area contributed by atoms with Crippen molar-refractivity contribution >= 4 is 17.2 Å². The number of hydrogen-bond donors (Lipinski definition) is 1. The number of nitrogens with one attached hydrogen (secondary N) is 1. The molecule has 0 saturated carbocycles. The first-order chi connectivity index (χ1) is 12.3. The van der Waals surface area contributed by atoms with E-state index >= 15 is 0 Å². The molecule has 6 nitrogen and oxygen atoms in total. The lowest BCUT2D eigenvalue weighted by atomic mass is 10.1. The first-order valence-corrected chi connectivity index (χ1v) is 9.31. The van der Waals surface area contributed by atoms with Gasteiger partial charge in [0.15, 0.2) is 5.76 Å². The van der Waals surface area contributed by atoms with Crippen LogP contribution >= 0.6 is 11.3 Å². The number of carbonyl (C=O) groups is 1. The maximum atomic E-state index is 12.0. The summed E-state index contributed by atoms with van der Waals surface area (Å²) in [5.41, 5.74) is 2.58. The van der Waals surface area contributed by atoms with Gasteiger partial charge >= 0.3 is 0 Å². The molecule has 1 amide bonds. The molecule has 130 valence electrons. The first-order valence-electron chi connectivity index (χ1n) is 8.37. The Kier molecular flexibility index (Phi) is 4.67. The molecule has 1 atom stereocenters. The van der Waals surface area contributed by atoms with Gasteiger partial charge in [0.25, 0.3) is 5.91 Å². The second-order valence-corrected chi connectivity index (χ2v) is 7.02. The van der Waals surface area contributed by atoms with E-state index in [4.69, 9.17) is 4.42 Å². The lowest BCUT2D eigenvalue weighted by molar-refractivity contribution is 0.0919. The van der Waals surface area contributed by atoms with E-state index < -0.39 is 0 Å². The minimum atomic E-state index is -0.170. The summed E-state index contributed by atoms with van der Waals surface area (Å²) in [5, 5.41) is 11.7. The first kappa shape index (κ1) is 16.1. The Morgan fingerprint density at radius 1 is 1.40 bits per heavy atom. The molecule has 0 saturated heterocycles. The van der Waals surface area contributed by atoms with Crippen LogP contribution in [0.5, 0.6) is 0 Å². The third kappa shape index (κ3) is 3.67. The van der Waals surface area contributed by atoms with Gasteiger partial charge in [0, 0.05) is 32.4 Å². The maximum absolute atomic E-state index is 12.0. The average molecular weight is 356 g/mol. The minimum Gasteiger partial charge on any atom is -0.459 e. The van der Waals surface area contributed by atoms with Crippen LogP contribution in [0.2, 0.25) is 0 Å². The van der Waals surface area contributed by atoms with E-state index in [1.807, 2.05) is 6.20 Å². The van der Waals surface area contributed by atoms with E-state index in [0.29, 0.717) is 12.3 Å². The van der Waals surface area contributed by atoms with Crippen molar-refractivity contribution < 1.29 is 9.21 Å². The van der Waals surface area contributed by atoms with E-state index in [1.165, 1.54) is 17.5 Å². The molecule has 0 spiro atoms. The van der Waals surface area contributed by atoms with Crippen molar-refractivity contribution in [1.29, 1.82) is 0 Å². The fourth-order valence-electron chi connectivity index (χ4n) is 3.29. The van der Waals surface area contributed by atoms with Gasteiger partial charge in [0.1, 0.15) is 0 Å². The van der Waals surface area contributed by atoms with Crippen LogP contribution in [0.1, 0.15) is 34.3 Å². The number of nitrogens with zero attached hydrogens (tertiary/aromatic N) is 3. The van der Waals surface area contributed by atoms with E-state index in [-0.39, 0.29) is 11.9 Å². The topological polar surface area (TPSA) is 63.3 Å². The Labute approximate surface area is 150 Å². The molecule has 1 aliphatic heterocycles. The van der Waals surface area contributed by atoms with Crippen molar-refractivity contribution in [3.05, 3.63) is 64.5 Å². The summed E-state index contributed by atoms with van der Waals surface area (Å²) in [6.45, 7) is 3.38. The number of thiophene rings is 1. The minimum absolute atomic E-state index is 0.170. The Morgan fingerprint density at radius 2 is 2.36 bits per heavy atom. The Hall–Kier alpha value is -2.38. The molecule has 0 radical (unpaired) electrons. The van der Waals surface area contributed by atoms with Crippen LogP contribution in [-0.4, -0.2) is 33.7 Å². The zero-order chi connectivity index (χ0) is 17.1. The van der Waals surface area contributed by atoms with E-state index in [9.17, 15) is 4.79 Å². The van der Waals surface area contributed by atoms with Gasteiger partial charge in [0.05, 0.1) is 18.0 Å². The third-order valence-electron chi connectivity index (χ3n) is 4.45. The third-order valence-corrected chi connectivity index (χ3v) is 5.18. The lowest BCUT2D eigenvalue weighted by Crippen LogP contribution is -2.38. The van der Waals surface area contributed by atoms with Gasteiger partial charge in [-0.25, -0.2) is 0 Å². The standard InChI is InChI=1S/C18H20N4O2S/c23-18(17-2-1-8-24-17)19-6-3-15-11-21(10-14-5-9-25-13-14)12-16-4-7-20-22(15)16/h1-2,4-5,7-9,13,15H,3,6,10-12H2,(H,19,23)/t15-/m1/s1. The zero-order valence-electron chi connectivity index (χ0n) is 13.8. The molecule has 3 aromatic heterocycles. The molecule has 0 fully saturated rings. The van der Waals surface area contributed by atoms with Gasteiger partial charge in [-0.05, 0) is 47.0 Å². The Bertz CT molecular complexity index is 810. The molecule has 25 heavy (non-hydrogen) atoms. The van der Waals surface area contributed by atoms with Gasteiger partial charge in [-0.3, -0.25) is 14.4 Å². The van der Waals surface area contributed by atoms with Crippen LogP contribution in [0.25, 0.3) is 0 Å². The van der Waals surface area contributed by atoms with E-state index in [0.717, 1.165) is 26.1 Å². The SMILES string of the molecule is O=C(NCC[C@@H]1CN(Cc2ccsc2)Cc2ccnn21)c1ccco1. The summed E-state index contributed by atoms with van der Waals surface area (Å²) in [6, 6.07) is 7.90. The average Bonchev–Trinajstić information content (AvgIpc) is 3.36. The molecule has 3 aromatic rings. The van der Waals surface area contributed by atoms with Crippen molar-refractivity contribution in [3.8, 4) is 0 Å². The molecule has 7 heteroatoms. The summed E-state index contributed by atoms with van der Waals surface area (Å²) in [4.78, 5) is 14.4. The molecule has 1 N–H and O–H groups in total. The molecule has 4 heterocycles. The predicted octanol–water partition coefficient (Wildman–Crippen LogP) is 2.91. The molecular weight excluding hydrogens is 336 g/mol. The summed E-state index contributed by atoms with van der Waals surface area (Å²) in [5.74, 6) is 0.180. The smallest absolute Gasteiger partial charge is 0.286 e. The second-order valence-electron chi connectivity index (χ2n) is 6.24. The number of amides is 1. The number of aromatic nitrogens is 2. The largest absolute Gasteiger partial charge is 0.459 e. The Balaban J connectivity index is 1.37. The van der Waals surface area contributed by atoms with Gasteiger partial charge in [-0.2, -0.15) is 16.4 Å². The predicted molar refractivity (Wildman–Crippen MR) is 95.4 cm³/mol. The summed E-state index contributed by atoms with van der Waals surface area (Å²) < 4.78 is 7.22. The molecule has 0 aromatic carbocycles. The summed E-state index contributed by atoms with van der Waals surface area (Å²) in [6.07, 6.45) is 4.20. The molecule has 4 rings (SSSR count). The van der Waals surface area contributed by atoms with Crippen LogP contribution in [0.3, 0.4) is 0 Å². The lowest BCUT2D eigenvalue weighted by Gasteiger charge is -2.33. The van der Waals surface area contributed by atoms with Crippen molar-refractivity contribution in [2.45, 2.75) is 25.6 Å². The quantitative estimate of drug-likeness (QED) is 0.738. The van der Waals surface area contributed by atoms with Crippen molar-refractivity contribution in [1.82, 2.24) is 20.0 Å². The van der Waals surface area contributed by atoms with E-state index in [2.05, 4.69) is 42.9 Å². The highest BCUT2D eigenvalue weighted by atomic mass is 32.1. The number of hydrogen-bond acceptors (Lipinski definition) is 5. The van der Waals surface area contributed by atoms with Gasteiger partial charge in [0.2, 0.25) is 0 Å². The number of rotatable bonds is 6. The molecule has 0 unspecified atom stereocenters. The van der Waals surface area contributed by atoms with Crippen LogP contribution < -0.4 is 5.32 Å². The molecular formula is C18H20N4O2S. The molecule has 0 aliphatic carbocycles. The highest BCUT2D eigenvalue weighted by Crippen LogP contribution is 2.24. The molecule has 0 bridgehead atoms. The number of carbonyl (C=O) groups excluding carboxylic acids is 1. The van der Waals surface area contributed by atoms with Gasteiger partial charge in [-0.1, -0.05) is 0 Å². The van der Waals surface area contributed by atoms with Gasteiger partial charge < -0.3 is 9.73 Å². The van der Waals surface area contributed by atoms with Crippen LogP contribution in [0, 0.1) is 0 Å². The van der Waals surface area contributed by atoms with Gasteiger partial charge in [-0.15, -0.1) is 0 Å². The van der Waals surface area contributed by atoms with Crippen molar-refractivity contribution in [2.24, 2.45) is 0 Å². The normalized spacial score (nSPS) is 17.4. The maximum Gasteiger partial charge on any atom is 0.286 e. The van der Waals surface area contributed by atoms with Crippen molar-refractivity contribution in [3.63, 3.8) is 0 Å². The zero-order valence-corrected chi connectivity index (χ0v) is 14.6. The van der Waals surface area contributed by atoms with Crippen molar-refractivity contribution in [2.75, 3.05) is 13.1 Å². The summed E-state index contributed by atoms with van der Waals surface area (Å²) >= 11 is 1.73.